The molecule has 0 unspecified atom stereocenters. The normalized spacial score (nSPS) is 14.2. The minimum atomic E-state index is -0.239. The summed E-state index contributed by atoms with van der Waals surface area (Å²) in [5.41, 5.74) is 2.25. The van der Waals surface area contributed by atoms with Gasteiger partial charge in [0.25, 0.3) is 0 Å². The summed E-state index contributed by atoms with van der Waals surface area (Å²) in [6.07, 6.45) is 8.47. The number of hydrogen-bond acceptors (Lipinski definition) is 1. The molecule has 0 aliphatic heterocycles. The van der Waals surface area contributed by atoms with E-state index in [2.05, 4.69) is 41.5 Å². The third-order valence-corrected chi connectivity index (χ3v) is 4.06. The molecule has 0 amide bonds. The highest BCUT2D eigenvalue weighted by Crippen LogP contribution is 2.34. The van der Waals surface area contributed by atoms with E-state index in [0.29, 0.717) is 6.42 Å². The first-order valence-electron chi connectivity index (χ1n) is 8.80. The van der Waals surface area contributed by atoms with Crippen LogP contribution in [0.15, 0.2) is 59.7 Å². The van der Waals surface area contributed by atoms with Gasteiger partial charge in [0.15, 0.2) is 5.78 Å². The van der Waals surface area contributed by atoms with Crippen molar-refractivity contribution in [1.29, 1.82) is 0 Å². The Hall–Kier alpha value is -1.96. The summed E-state index contributed by atoms with van der Waals surface area (Å²) in [7, 11) is 0. The summed E-state index contributed by atoms with van der Waals surface area (Å²) < 4.78 is 12.9. The second-order valence-corrected chi connectivity index (χ2v) is 8.37. The summed E-state index contributed by atoms with van der Waals surface area (Å²) >= 11 is 0. The number of ketones is 1. The molecule has 1 rings (SSSR count). The molecule has 0 saturated carbocycles. The van der Waals surface area contributed by atoms with E-state index in [9.17, 15) is 9.18 Å². The quantitative estimate of drug-likeness (QED) is 0.443. The fourth-order valence-electron chi connectivity index (χ4n) is 2.70. The SMILES string of the molecule is C/C=C(\C(=O)/C(=C\C=CCc1ccc(F)cc1)C(C)(C)C)C(C)(C)C. The maximum atomic E-state index is 13.1. The van der Waals surface area contributed by atoms with Gasteiger partial charge in [-0.25, -0.2) is 4.39 Å². The van der Waals surface area contributed by atoms with Crippen molar-refractivity contribution in [1.82, 2.24) is 0 Å². The number of Topliss-reactive ketones (excluding diaryl/α,β-unsaturated/α-hetero) is 1. The number of rotatable bonds is 5. The molecule has 0 atom stereocenters. The van der Waals surface area contributed by atoms with Crippen molar-refractivity contribution in [3.05, 3.63) is 71.1 Å². The number of allylic oxidation sites excluding steroid dienone is 6. The summed E-state index contributed by atoms with van der Waals surface area (Å²) in [5, 5.41) is 0. The van der Waals surface area contributed by atoms with Crippen LogP contribution in [0.3, 0.4) is 0 Å². The summed E-state index contributed by atoms with van der Waals surface area (Å²) in [4.78, 5) is 13.1. The lowest BCUT2D eigenvalue weighted by molar-refractivity contribution is -0.114. The number of hydrogen-bond donors (Lipinski definition) is 0. The van der Waals surface area contributed by atoms with Gasteiger partial charge in [0, 0.05) is 11.1 Å². The Bertz CT molecular complexity index is 674. The van der Waals surface area contributed by atoms with Crippen molar-refractivity contribution >= 4 is 5.78 Å². The highest BCUT2D eigenvalue weighted by Gasteiger charge is 2.30. The Labute approximate surface area is 152 Å². The largest absolute Gasteiger partial charge is 0.289 e. The standard InChI is InChI=1S/C23H31FO/c1-8-19(22(2,3)4)21(25)20(23(5,6)7)12-10-9-11-17-13-15-18(24)16-14-17/h8-10,12-16H,11H2,1-7H3/b10-9?,19-8+,20-12+. The predicted molar refractivity (Wildman–Crippen MR) is 105 cm³/mol. The van der Waals surface area contributed by atoms with E-state index in [1.165, 1.54) is 12.1 Å². The second kappa shape index (κ2) is 8.42. The zero-order chi connectivity index (χ0) is 19.3. The van der Waals surface area contributed by atoms with Crippen LogP contribution in [0.25, 0.3) is 0 Å². The van der Waals surface area contributed by atoms with Crippen LogP contribution in [0.2, 0.25) is 0 Å². The third-order valence-electron chi connectivity index (χ3n) is 4.06. The molecule has 2 heteroatoms. The van der Waals surface area contributed by atoms with Gasteiger partial charge < -0.3 is 0 Å². The topological polar surface area (TPSA) is 17.1 Å². The van der Waals surface area contributed by atoms with Gasteiger partial charge in [-0.1, -0.05) is 78.0 Å². The molecular formula is C23H31FO. The van der Waals surface area contributed by atoms with E-state index in [4.69, 9.17) is 0 Å². The minimum Gasteiger partial charge on any atom is -0.289 e. The van der Waals surface area contributed by atoms with Crippen molar-refractivity contribution in [2.24, 2.45) is 10.8 Å². The zero-order valence-electron chi connectivity index (χ0n) is 16.6. The van der Waals surface area contributed by atoms with Crippen molar-refractivity contribution in [3.63, 3.8) is 0 Å². The Balaban J connectivity index is 3.03. The number of carbonyl (C=O) groups is 1. The molecule has 1 aromatic carbocycles. The highest BCUT2D eigenvalue weighted by atomic mass is 19.1. The smallest absolute Gasteiger partial charge is 0.185 e. The summed E-state index contributed by atoms with van der Waals surface area (Å²) in [5.74, 6) is -0.122. The number of halogens is 1. The average Bonchev–Trinajstić information content (AvgIpc) is 2.46. The summed E-state index contributed by atoms with van der Waals surface area (Å²) in [6.45, 7) is 14.3. The number of benzene rings is 1. The first kappa shape index (κ1) is 21.1. The van der Waals surface area contributed by atoms with Crippen LogP contribution in [-0.4, -0.2) is 5.78 Å². The van der Waals surface area contributed by atoms with Gasteiger partial charge in [0.2, 0.25) is 0 Å². The minimum absolute atomic E-state index is 0.105. The Morgan fingerprint density at radius 1 is 0.960 bits per heavy atom. The van der Waals surface area contributed by atoms with Crippen LogP contribution < -0.4 is 0 Å². The molecule has 0 saturated heterocycles. The van der Waals surface area contributed by atoms with Crippen LogP contribution in [0.1, 0.15) is 54.0 Å². The molecule has 0 N–H and O–H groups in total. The van der Waals surface area contributed by atoms with Gasteiger partial charge in [-0.15, -0.1) is 0 Å². The van der Waals surface area contributed by atoms with Crippen LogP contribution in [0.5, 0.6) is 0 Å². The Morgan fingerprint density at radius 3 is 1.92 bits per heavy atom. The highest BCUT2D eigenvalue weighted by molar-refractivity contribution is 6.09. The molecule has 0 bridgehead atoms. The van der Waals surface area contributed by atoms with Crippen LogP contribution in [0.4, 0.5) is 4.39 Å². The lowest BCUT2D eigenvalue weighted by Crippen LogP contribution is -2.25. The molecule has 0 aromatic heterocycles. The summed E-state index contributed by atoms with van der Waals surface area (Å²) in [6, 6.07) is 6.48. The average molecular weight is 342 g/mol. The lowest BCUT2D eigenvalue weighted by Gasteiger charge is -2.28. The molecule has 136 valence electrons. The first-order valence-corrected chi connectivity index (χ1v) is 8.80. The maximum absolute atomic E-state index is 13.1. The molecule has 0 spiro atoms. The van der Waals surface area contributed by atoms with Gasteiger partial charge in [-0.05, 0) is 41.9 Å². The van der Waals surface area contributed by atoms with E-state index < -0.39 is 0 Å². The van der Waals surface area contributed by atoms with E-state index in [1.54, 1.807) is 12.1 Å². The molecule has 1 nitrogen and oxygen atoms in total. The van der Waals surface area contributed by atoms with Crippen molar-refractivity contribution in [3.8, 4) is 0 Å². The second-order valence-electron chi connectivity index (χ2n) is 8.37. The van der Waals surface area contributed by atoms with Crippen molar-refractivity contribution < 1.29 is 9.18 Å². The van der Waals surface area contributed by atoms with Crippen LogP contribution >= 0.6 is 0 Å². The molecule has 1 aromatic rings. The number of carbonyl (C=O) groups excluding carboxylic acids is 1. The van der Waals surface area contributed by atoms with Gasteiger partial charge in [-0.2, -0.15) is 0 Å². The van der Waals surface area contributed by atoms with E-state index in [-0.39, 0.29) is 22.4 Å². The van der Waals surface area contributed by atoms with Crippen molar-refractivity contribution in [2.75, 3.05) is 0 Å². The molecule has 0 fully saturated rings. The molecule has 0 aliphatic carbocycles. The van der Waals surface area contributed by atoms with Gasteiger partial charge in [0.05, 0.1) is 0 Å². The van der Waals surface area contributed by atoms with Gasteiger partial charge in [-0.3, -0.25) is 4.79 Å². The predicted octanol–water partition coefficient (Wildman–Crippen LogP) is 6.46. The molecule has 25 heavy (non-hydrogen) atoms. The van der Waals surface area contributed by atoms with E-state index in [1.807, 2.05) is 31.2 Å². The van der Waals surface area contributed by atoms with Gasteiger partial charge >= 0.3 is 0 Å². The maximum Gasteiger partial charge on any atom is 0.185 e. The lowest BCUT2D eigenvalue weighted by atomic mass is 9.75. The fourth-order valence-corrected chi connectivity index (χ4v) is 2.70. The third kappa shape index (κ3) is 6.45. The fraction of sp³-hybridized carbons (Fsp3) is 0.435. The molecular weight excluding hydrogens is 311 g/mol. The Kier molecular flexibility index (Phi) is 7.10. The molecule has 0 heterocycles. The molecule has 0 aliphatic rings. The molecule has 0 radical (unpaired) electrons. The first-order chi connectivity index (χ1) is 11.5. The van der Waals surface area contributed by atoms with Crippen molar-refractivity contribution in [2.45, 2.75) is 54.9 Å². The van der Waals surface area contributed by atoms with E-state index >= 15 is 0 Å². The Morgan fingerprint density at radius 2 is 1.48 bits per heavy atom. The van der Waals surface area contributed by atoms with Crippen LogP contribution in [-0.2, 0) is 11.2 Å². The van der Waals surface area contributed by atoms with E-state index in [0.717, 1.165) is 16.7 Å². The van der Waals surface area contributed by atoms with Crippen LogP contribution in [0, 0.1) is 16.6 Å². The van der Waals surface area contributed by atoms with Gasteiger partial charge in [0.1, 0.15) is 5.82 Å². The zero-order valence-corrected chi connectivity index (χ0v) is 16.6. The monoisotopic (exact) mass is 342 g/mol.